The van der Waals surface area contributed by atoms with Gasteiger partial charge in [0.25, 0.3) is 0 Å². The smallest absolute Gasteiger partial charge is 0.166 e. The van der Waals surface area contributed by atoms with Gasteiger partial charge >= 0.3 is 0 Å². The molecule has 0 aliphatic carbocycles. The van der Waals surface area contributed by atoms with E-state index in [1.807, 2.05) is 121 Å². The second kappa shape index (κ2) is 16.0. The summed E-state index contributed by atoms with van der Waals surface area (Å²) in [5.74, 6) is 1.69. The fraction of sp³-hybridized carbons (Fsp3) is 0. The Kier molecular flexibility index (Phi) is 9.35. The summed E-state index contributed by atoms with van der Waals surface area (Å²) in [4.78, 5) is 15.7. The molecule has 7 heteroatoms. The fourth-order valence-electron chi connectivity index (χ4n) is 9.21. The lowest BCUT2D eigenvalue weighted by Crippen LogP contribution is -2.04. The summed E-state index contributed by atoms with van der Waals surface area (Å²) < 4.78 is 4.80. The number of nitriles is 2. The summed E-state index contributed by atoms with van der Waals surface area (Å²) in [6.45, 7) is 0. The minimum atomic E-state index is 0.538. The Hall–Kier alpha value is -9.01. The van der Waals surface area contributed by atoms with E-state index in [1.54, 1.807) is 0 Å². The molecule has 0 atom stereocenters. The minimum absolute atomic E-state index is 0.538. The predicted molar refractivity (Wildman–Crippen MR) is 269 cm³/mol. The summed E-state index contributed by atoms with van der Waals surface area (Å²) in [6, 6.07) is 75.1. The van der Waals surface area contributed by atoms with E-state index < -0.39 is 0 Å². The van der Waals surface area contributed by atoms with Crippen LogP contribution >= 0.6 is 11.3 Å². The molecular weight excluding hydrogens is 825 g/mol. The van der Waals surface area contributed by atoms with Crippen LogP contribution in [0.2, 0.25) is 0 Å². The summed E-state index contributed by atoms with van der Waals surface area (Å²) >= 11 is 1.81. The highest BCUT2D eigenvalue weighted by molar-refractivity contribution is 7.25. The zero-order valence-corrected chi connectivity index (χ0v) is 36.0. The van der Waals surface area contributed by atoms with Gasteiger partial charge in [-0.2, -0.15) is 10.5 Å². The Bertz CT molecular complexity index is 3790. The van der Waals surface area contributed by atoms with Crippen LogP contribution in [-0.4, -0.2) is 19.5 Å². The molecule has 12 aromatic rings. The number of hydrogen-bond donors (Lipinski definition) is 0. The first-order valence-corrected chi connectivity index (χ1v) is 22.4. The highest BCUT2D eigenvalue weighted by Crippen LogP contribution is 2.43. The second-order valence-corrected chi connectivity index (χ2v) is 17.3. The molecule has 0 aliphatic heterocycles. The molecule has 0 saturated heterocycles. The van der Waals surface area contributed by atoms with Gasteiger partial charge in [0.05, 0.1) is 40.0 Å². The van der Waals surface area contributed by atoms with Crippen molar-refractivity contribution in [3.63, 3.8) is 0 Å². The topological polar surface area (TPSA) is 91.2 Å². The Morgan fingerprint density at radius 1 is 0.348 bits per heavy atom. The van der Waals surface area contributed by atoms with E-state index in [2.05, 4.69) is 114 Å². The molecule has 0 fully saturated rings. The van der Waals surface area contributed by atoms with E-state index in [0.29, 0.717) is 28.6 Å². The van der Waals surface area contributed by atoms with Crippen molar-refractivity contribution in [2.45, 2.75) is 0 Å². The Balaban J connectivity index is 1.16. The van der Waals surface area contributed by atoms with E-state index >= 15 is 0 Å². The van der Waals surface area contributed by atoms with Gasteiger partial charge in [0, 0.05) is 47.6 Å². The lowest BCUT2D eigenvalue weighted by Gasteiger charge is -2.17. The molecular formula is C59H34N6S. The van der Waals surface area contributed by atoms with Crippen molar-refractivity contribution in [3.05, 3.63) is 217 Å². The van der Waals surface area contributed by atoms with Crippen LogP contribution in [-0.2, 0) is 0 Å². The molecule has 0 unspecified atom stereocenters. The van der Waals surface area contributed by atoms with Gasteiger partial charge in [0.15, 0.2) is 17.5 Å². The Morgan fingerprint density at radius 2 is 0.818 bits per heavy atom. The maximum absolute atomic E-state index is 10.1. The fourth-order valence-corrected chi connectivity index (χ4v) is 10.3. The van der Waals surface area contributed by atoms with Crippen LogP contribution in [0.4, 0.5) is 0 Å². The van der Waals surface area contributed by atoms with Crippen LogP contribution in [0.5, 0.6) is 0 Å². The zero-order valence-electron chi connectivity index (χ0n) is 35.2. The maximum atomic E-state index is 10.1. The lowest BCUT2D eigenvalue weighted by atomic mass is 9.96. The molecule has 306 valence electrons. The van der Waals surface area contributed by atoms with Gasteiger partial charge in [-0.15, -0.1) is 11.3 Å². The quantitative estimate of drug-likeness (QED) is 0.159. The third kappa shape index (κ3) is 6.59. The van der Waals surface area contributed by atoms with Crippen LogP contribution in [0.1, 0.15) is 11.1 Å². The molecule has 0 aliphatic rings. The SMILES string of the molecule is N#Cc1ccccc1-c1ccc2c(c1)c1cc(-c3ccccc3C#N)ccc1n2-c1ccc(-c2ccc3sc4ccccc4c3c2)cc1-c1nc(-c2ccccc2)nc(-c2ccccc2)n1. The molecule has 9 aromatic carbocycles. The highest BCUT2D eigenvalue weighted by Gasteiger charge is 2.22. The van der Waals surface area contributed by atoms with Crippen LogP contribution in [0.15, 0.2) is 206 Å². The van der Waals surface area contributed by atoms with E-state index in [0.717, 1.165) is 77.6 Å². The monoisotopic (exact) mass is 858 g/mol. The number of thiophene rings is 1. The predicted octanol–water partition coefficient (Wildman–Crippen LogP) is 15.1. The summed E-state index contributed by atoms with van der Waals surface area (Å²) in [6.07, 6.45) is 0. The molecule has 3 aromatic heterocycles. The molecule has 0 N–H and O–H groups in total. The van der Waals surface area contributed by atoms with Crippen molar-refractivity contribution in [3.8, 4) is 85.4 Å². The van der Waals surface area contributed by atoms with Gasteiger partial charge in [-0.25, -0.2) is 15.0 Å². The van der Waals surface area contributed by atoms with Gasteiger partial charge in [-0.1, -0.05) is 140 Å². The number of nitrogens with zero attached hydrogens (tertiary/aromatic N) is 6. The normalized spacial score (nSPS) is 11.3. The summed E-state index contributed by atoms with van der Waals surface area (Å²) in [5.41, 5.74) is 12.4. The van der Waals surface area contributed by atoms with Crippen molar-refractivity contribution >= 4 is 53.3 Å². The van der Waals surface area contributed by atoms with Crippen molar-refractivity contribution in [1.29, 1.82) is 10.5 Å². The summed E-state index contributed by atoms with van der Waals surface area (Å²) in [7, 11) is 0. The number of fused-ring (bicyclic) bond motifs is 6. The molecule has 66 heavy (non-hydrogen) atoms. The summed E-state index contributed by atoms with van der Waals surface area (Å²) in [5, 5.41) is 24.8. The van der Waals surface area contributed by atoms with Crippen molar-refractivity contribution in [1.82, 2.24) is 19.5 Å². The van der Waals surface area contributed by atoms with E-state index in [1.165, 1.54) is 20.2 Å². The third-order valence-electron chi connectivity index (χ3n) is 12.4. The Morgan fingerprint density at radius 3 is 1.42 bits per heavy atom. The molecule has 6 nitrogen and oxygen atoms in total. The van der Waals surface area contributed by atoms with Gasteiger partial charge < -0.3 is 4.57 Å². The van der Waals surface area contributed by atoms with Crippen molar-refractivity contribution in [2.24, 2.45) is 0 Å². The number of benzene rings is 9. The van der Waals surface area contributed by atoms with Crippen LogP contribution < -0.4 is 0 Å². The van der Waals surface area contributed by atoms with E-state index in [-0.39, 0.29) is 0 Å². The average Bonchev–Trinajstić information content (AvgIpc) is 3.93. The first kappa shape index (κ1) is 38.6. The lowest BCUT2D eigenvalue weighted by molar-refractivity contribution is 1.06. The van der Waals surface area contributed by atoms with Gasteiger partial charge in [-0.05, 0) is 100 Å². The van der Waals surface area contributed by atoms with E-state index in [4.69, 9.17) is 15.0 Å². The van der Waals surface area contributed by atoms with Gasteiger partial charge in [-0.3, -0.25) is 0 Å². The van der Waals surface area contributed by atoms with Gasteiger partial charge in [0.1, 0.15) is 0 Å². The minimum Gasteiger partial charge on any atom is -0.308 e. The molecule has 0 spiro atoms. The molecule has 0 radical (unpaired) electrons. The number of rotatable bonds is 7. The standard InChI is InChI=1S/C59H34N6S/c60-35-43-17-7-9-19-45(43)41-24-28-52-48(33-41)49-34-42(46-20-10-8-18-44(46)36-61)25-29-53(49)65(52)54-27-23-39(40-26-30-56-50(31-40)47-21-11-12-22-55(47)66-56)32-51(54)59-63-57(37-13-3-1-4-14-37)62-58(64-59)38-15-5-2-6-16-38/h1-34H. The molecule has 0 amide bonds. The molecule has 0 bridgehead atoms. The van der Waals surface area contributed by atoms with Crippen LogP contribution in [0, 0.1) is 22.7 Å². The first-order valence-electron chi connectivity index (χ1n) is 21.6. The molecule has 12 rings (SSSR count). The second-order valence-electron chi connectivity index (χ2n) is 16.2. The first-order chi connectivity index (χ1) is 32.6. The average molecular weight is 859 g/mol. The molecule has 3 heterocycles. The largest absolute Gasteiger partial charge is 0.308 e. The number of aromatic nitrogens is 4. The maximum Gasteiger partial charge on any atom is 0.166 e. The van der Waals surface area contributed by atoms with Crippen molar-refractivity contribution < 1.29 is 0 Å². The molecule has 0 saturated carbocycles. The highest BCUT2D eigenvalue weighted by atomic mass is 32.1. The zero-order chi connectivity index (χ0) is 44.1. The van der Waals surface area contributed by atoms with Crippen molar-refractivity contribution in [2.75, 3.05) is 0 Å². The van der Waals surface area contributed by atoms with Crippen LogP contribution in [0.3, 0.4) is 0 Å². The van der Waals surface area contributed by atoms with E-state index in [9.17, 15) is 10.5 Å². The Labute approximate surface area is 384 Å². The number of hydrogen-bond acceptors (Lipinski definition) is 6. The third-order valence-corrected chi connectivity index (χ3v) is 13.5. The van der Waals surface area contributed by atoms with Gasteiger partial charge in [0.2, 0.25) is 0 Å². The van der Waals surface area contributed by atoms with Crippen LogP contribution in [0.25, 0.3) is 115 Å².